The fourth-order valence-electron chi connectivity index (χ4n) is 3.58. The number of amidine groups is 1. The summed E-state index contributed by atoms with van der Waals surface area (Å²) in [5, 5.41) is 1.69. The van der Waals surface area contributed by atoms with Crippen molar-refractivity contribution in [1.29, 1.82) is 0 Å². The molecule has 0 radical (unpaired) electrons. The summed E-state index contributed by atoms with van der Waals surface area (Å²) in [7, 11) is 0. The van der Waals surface area contributed by atoms with Crippen LogP contribution in [0.1, 0.15) is 30.3 Å². The van der Waals surface area contributed by atoms with Gasteiger partial charge in [0.2, 0.25) is 6.79 Å². The van der Waals surface area contributed by atoms with Crippen LogP contribution in [0, 0.1) is 0 Å². The Kier molecular flexibility index (Phi) is 3.19. The molecule has 2 aromatic rings. The first-order valence-corrected chi connectivity index (χ1v) is 8.99. The normalized spacial score (nSPS) is 27.3. The van der Waals surface area contributed by atoms with E-state index in [0.29, 0.717) is 12.0 Å². The van der Waals surface area contributed by atoms with Gasteiger partial charge in [-0.25, -0.2) is 0 Å². The minimum Gasteiger partial charge on any atom is -0.454 e. The zero-order valence-electron chi connectivity index (χ0n) is 13.3. The molecule has 1 aromatic carbocycles. The highest BCUT2D eigenvalue weighted by molar-refractivity contribution is 8.14. The first-order valence-electron chi connectivity index (χ1n) is 8.11. The number of nitrogens with zero attached hydrogens (tertiary/aromatic N) is 3. The van der Waals surface area contributed by atoms with E-state index in [4.69, 9.17) is 14.5 Å². The number of benzene rings is 1. The topological polar surface area (TPSA) is 47.0 Å². The average molecular weight is 339 g/mol. The van der Waals surface area contributed by atoms with Crippen LogP contribution in [0.4, 0.5) is 0 Å². The molecule has 1 aromatic heterocycles. The van der Waals surface area contributed by atoms with Gasteiger partial charge in [-0.1, -0.05) is 30.8 Å². The number of fused-ring (bicyclic) bond motifs is 2. The lowest BCUT2D eigenvalue weighted by Gasteiger charge is -2.27. The van der Waals surface area contributed by atoms with E-state index in [9.17, 15) is 0 Å². The maximum absolute atomic E-state index is 5.57. The van der Waals surface area contributed by atoms with Crippen LogP contribution in [0.2, 0.25) is 0 Å². The molecule has 0 bridgehead atoms. The van der Waals surface area contributed by atoms with Gasteiger partial charge in [-0.3, -0.25) is 9.98 Å². The number of hydrogen-bond donors (Lipinski definition) is 0. The Bertz CT molecular complexity index is 811. The van der Waals surface area contributed by atoms with Crippen LogP contribution in [0.25, 0.3) is 0 Å². The Morgan fingerprint density at radius 2 is 2.08 bits per heavy atom. The van der Waals surface area contributed by atoms with Crippen LogP contribution in [-0.2, 0) is 0 Å². The number of ether oxygens (including phenoxy) is 2. The molecule has 0 spiro atoms. The van der Waals surface area contributed by atoms with Crippen LogP contribution < -0.4 is 9.47 Å². The number of hydrogen-bond acceptors (Lipinski definition) is 6. The number of aromatic nitrogens is 1. The first-order chi connectivity index (χ1) is 11.8. The van der Waals surface area contributed by atoms with E-state index >= 15 is 0 Å². The van der Waals surface area contributed by atoms with Crippen molar-refractivity contribution in [2.75, 3.05) is 13.3 Å². The van der Waals surface area contributed by atoms with E-state index < -0.39 is 0 Å². The summed E-state index contributed by atoms with van der Waals surface area (Å²) in [6.45, 7) is 3.55. The molecule has 5 rings (SSSR count). The van der Waals surface area contributed by atoms with Crippen molar-refractivity contribution in [3.63, 3.8) is 0 Å². The van der Waals surface area contributed by atoms with Gasteiger partial charge < -0.3 is 14.4 Å². The average Bonchev–Trinajstić information content (AvgIpc) is 3.28. The third kappa shape index (κ3) is 2.17. The molecule has 122 valence electrons. The fraction of sp³-hybridized carbons (Fsp3) is 0.333. The number of thioether (sulfide) groups is 1. The smallest absolute Gasteiger partial charge is 0.231 e. The van der Waals surface area contributed by atoms with Crippen molar-refractivity contribution in [3.05, 3.63) is 53.9 Å². The minimum atomic E-state index is 0.0153. The molecule has 1 saturated heterocycles. The Morgan fingerprint density at radius 3 is 2.96 bits per heavy atom. The quantitative estimate of drug-likeness (QED) is 0.839. The van der Waals surface area contributed by atoms with Crippen LogP contribution in [-0.4, -0.2) is 33.6 Å². The summed E-state index contributed by atoms with van der Waals surface area (Å²) in [6, 6.07) is 12.4. The van der Waals surface area contributed by atoms with E-state index in [1.165, 1.54) is 5.56 Å². The SMILES string of the molecule is C[C@@H]1CN2C(=N[C@@H](c3ccccn3)[C@@H]2c2ccc3c(c2)OCO3)S1. The molecule has 0 amide bonds. The molecular formula is C18H17N3O2S. The number of aliphatic imine (C=N–C) groups is 1. The maximum Gasteiger partial charge on any atom is 0.231 e. The standard InChI is InChI=1S/C18H17N3O2S/c1-11-9-21-17(12-5-6-14-15(8-12)23-10-22-14)16(20-18(21)24-11)13-4-2-3-7-19-13/h2-8,11,16-17H,9-10H2,1H3/t11-,16+,17+/m1/s1. The van der Waals surface area contributed by atoms with Crippen molar-refractivity contribution in [2.24, 2.45) is 4.99 Å². The largest absolute Gasteiger partial charge is 0.454 e. The minimum absolute atomic E-state index is 0.0153. The molecule has 3 atom stereocenters. The van der Waals surface area contributed by atoms with Crippen molar-refractivity contribution >= 4 is 16.9 Å². The summed E-state index contributed by atoms with van der Waals surface area (Å²) in [6.07, 6.45) is 1.84. The van der Waals surface area contributed by atoms with E-state index in [0.717, 1.165) is 28.9 Å². The third-order valence-corrected chi connectivity index (χ3v) is 5.72. The predicted octanol–water partition coefficient (Wildman–Crippen LogP) is 3.40. The van der Waals surface area contributed by atoms with Crippen LogP contribution in [0.3, 0.4) is 0 Å². The van der Waals surface area contributed by atoms with E-state index in [1.54, 1.807) is 0 Å². The monoisotopic (exact) mass is 339 g/mol. The predicted molar refractivity (Wildman–Crippen MR) is 93.5 cm³/mol. The third-order valence-electron chi connectivity index (χ3n) is 4.62. The molecule has 0 saturated carbocycles. The van der Waals surface area contributed by atoms with Crippen molar-refractivity contribution in [2.45, 2.75) is 24.3 Å². The molecule has 0 N–H and O–H groups in total. The molecule has 4 heterocycles. The van der Waals surface area contributed by atoms with Gasteiger partial charge in [-0.05, 0) is 29.8 Å². The van der Waals surface area contributed by atoms with Gasteiger partial charge in [0.1, 0.15) is 6.04 Å². The van der Waals surface area contributed by atoms with E-state index in [1.807, 2.05) is 36.2 Å². The molecule has 3 aliphatic heterocycles. The maximum atomic E-state index is 5.57. The molecule has 1 fully saturated rings. The molecule has 0 aliphatic carbocycles. The van der Waals surface area contributed by atoms with Gasteiger partial charge in [0.15, 0.2) is 16.7 Å². The summed E-state index contributed by atoms with van der Waals surface area (Å²) in [5.41, 5.74) is 2.21. The van der Waals surface area contributed by atoms with Gasteiger partial charge in [0.25, 0.3) is 0 Å². The molecule has 3 aliphatic rings. The van der Waals surface area contributed by atoms with Gasteiger partial charge >= 0.3 is 0 Å². The number of pyridine rings is 1. The van der Waals surface area contributed by atoms with Gasteiger partial charge in [-0.2, -0.15) is 0 Å². The van der Waals surface area contributed by atoms with E-state index in [-0.39, 0.29) is 12.1 Å². The molecule has 5 nitrogen and oxygen atoms in total. The van der Waals surface area contributed by atoms with Crippen molar-refractivity contribution < 1.29 is 9.47 Å². The zero-order valence-corrected chi connectivity index (χ0v) is 14.1. The lowest BCUT2D eigenvalue weighted by molar-refractivity contribution is 0.174. The second kappa shape index (κ2) is 5.41. The highest BCUT2D eigenvalue weighted by Crippen LogP contribution is 2.48. The highest BCUT2D eigenvalue weighted by Gasteiger charge is 2.43. The van der Waals surface area contributed by atoms with Crippen LogP contribution >= 0.6 is 11.8 Å². The Balaban J connectivity index is 1.58. The molecule has 6 heteroatoms. The lowest BCUT2D eigenvalue weighted by atomic mass is 9.96. The van der Waals surface area contributed by atoms with Gasteiger partial charge in [0, 0.05) is 18.0 Å². The van der Waals surface area contributed by atoms with Crippen LogP contribution in [0.5, 0.6) is 11.5 Å². The Morgan fingerprint density at radius 1 is 1.17 bits per heavy atom. The van der Waals surface area contributed by atoms with Gasteiger partial charge in [-0.15, -0.1) is 0 Å². The second-order valence-corrected chi connectivity index (χ2v) is 7.66. The number of rotatable bonds is 2. The Labute approximate surface area is 144 Å². The zero-order chi connectivity index (χ0) is 16.1. The van der Waals surface area contributed by atoms with E-state index in [2.05, 4.69) is 35.0 Å². The van der Waals surface area contributed by atoms with Crippen molar-refractivity contribution in [3.8, 4) is 11.5 Å². The highest BCUT2D eigenvalue weighted by atomic mass is 32.2. The second-order valence-electron chi connectivity index (χ2n) is 6.25. The summed E-state index contributed by atoms with van der Waals surface area (Å²) >= 11 is 1.85. The Hall–Kier alpha value is -2.21. The summed E-state index contributed by atoms with van der Waals surface area (Å²) in [5.74, 6) is 1.64. The fourth-order valence-corrected chi connectivity index (χ4v) is 4.67. The molecule has 0 unspecified atom stereocenters. The van der Waals surface area contributed by atoms with Crippen molar-refractivity contribution in [1.82, 2.24) is 9.88 Å². The lowest BCUT2D eigenvalue weighted by Crippen LogP contribution is -2.28. The summed E-state index contributed by atoms with van der Waals surface area (Å²) < 4.78 is 11.0. The summed E-state index contributed by atoms with van der Waals surface area (Å²) in [4.78, 5) is 12.0. The van der Waals surface area contributed by atoms with Gasteiger partial charge in [0.05, 0.1) is 11.7 Å². The van der Waals surface area contributed by atoms with Crippen LogP contribution in [0.15, 0.2) is 47.6 Å². The first kappa shape index (κ1) is 14.2. The molecule has 24 heavy (non-hydrogen) atoms. The molecular weight excluding hydrogens is 322 g/mol.